The van der Waals surface area contributed by atoms with E-state index in [1.165, 1.54) is 120 Å². The van der Waals surface area contributed by atoms with Gasteiger partial charge in [-0.2, -0.15) is 17.2 Å². The standard InChI is InChI=1S/C22H25BrN2O2S.C22H25NO4S2.C21H22ClN3O3S.C20H18F4N2O3S/c1-3-16-13-18(23)5-7-22(16)28(26,27)25-10-8-17(9-11-25)20-14-24-21-6-4-15(2)12-19(20)21;1-16-6-5-7-20-18(16)10-11-19(20)17-12-14-23(15-13-17)29(26,27)22-9-4-3-8-21(22)28(2,24)25;1-14(26)24-21-7-6-16(12-19(21)22)29(27,28)25-10-8-15(9-11-25)18-13-23-20-5-3-2-4-17(18)20;21-14-5-6-17-15(11-14)16(12-25-17)13-7-9-26(10-8-13)30(27,28)19-4-2-1-3-18(19)29-20(22,23)24/h4-7,12-14,17,24H,3,8-11H2,1-2H3;3-9,11,17H,10,12-15H2,1-2H3;2-7,12-13,15,23H,8-11H2,1H3,(H,24,26);1-6,11-13,25H,7-10H2. The van der Waals surface area contributed by atoms with Gasteiger partial charge >= 0.3 is 6.36 Å². The first-order chi connectivity index (χ1) is 55.1. The molecule has 0 saturated carbocycles. The number of H-pyrrole nitrogens is 3. The number of anilines is 1. The zero-order chi connectivity index (χ0) is 82.8. The molecule has 0 unspecified atom stereocenters. The van der Waals surface area contributed by atoms with Crippen molar-refractivity contribution in [3.63, 3.8) is 0 Å². The van der Waals surface area contributed by atoms with E-state index in [1.807, 2.05) is 43.5 Å². The lowest BCUT2D eigenvalue weighted by Crippen LogP contribution is -2.39. The third-order valence-corrected chi connectivity index (χ3v) is 32.3. The summed E-state index contributed by atoms with van der Waals surface area (Å²) in [5, 5.41) is 6.01. The summed E-state index contributed by atoms with van der Waals surface area (Å²) >= 11 is 9.61. The van der Waals surface area contributed by atoms with E-state index in [2.05, 4.69) is 110 Å². The molecule has 5 aliphatic rings. The fourth-order valence-corrected chi connectivity index (χ4v) is 25.1. The molecular weight excluding hydrogens is 1680 g/mol. The van der Waals surface area contributed by atoms with Crippen LogP contribution in [0.25, 0.3) is 38.3 Å². The molecule has 3 aromatic heterocycles. The predicted octanol–water partition coefficient (Wildman–Crippen LogP) is 17.9. The Balaban J connectivity index is 0.000000135. The van der Waals surface area contributed by atoms with Gasteiger partial charge in [0.1, 0.15) is 21.4 Å². The highest BCUT2D eigenvalue weighted by atomic mass is 79.9. The predicted molar refractivity (Wildman–Crippen MR) is 448 cm³/mol. The molecule has 4 aliphatic heterocycles. The molecule has 20 nitrogen and oxygen atoms in total. The number of fused-ring (bicyclic) bond motifs is 4. The Labute approximate surface area is 687 Å². The Hall–Kier alpha value is -8.53. The van der Waals surface area contributed by atoms with Gasteiger partial charge in [0.15, 0.2) is 9.84 Å². The number of aromatic amines is 3. The molecule has 0 radical (unpaired) electrons. The molecule has 0 bridgehead atoms. The van der Waals surface area contributed by atoms with Crippen molar-refractivity contribution in [3.8, 4) is 5.75 Å². The minimum absolute atomic E-state index is 0.00803. The number of para-hydroxylation sites is 2. The lowest BCUT2D eigenvalue weighted by Gasteiger charge is -2.32. The number of aromatic nitrogens is 3. The van der Waals surface area contributed by atoms with Crippen molar-refractivity contribution in [1.29, 1.82) is 0 Å². The number of ether oxygens (including phenoxy) is 1. The van der Waals surface area contributed by atoms with E-state index in [9.17, 15) is 64.4 Å². The number of sulfone groups is 1. The van der Waals surface area contributed by atoms with Crippen molar-refractivity contribution in [2.75, 3.05) is 63.9 Å². The van der Waals surface area contributed by atoms with Crippen LogP contribution in [0, 0.1) is 25.6 Å². The molecule has 31 heteroatoms. The Bertz CT molecular complexity index is 6130. The van der Waals surface area contributed by atoms with Gasteiger partial charge in [-0.05, 0) is 243 Å². The molecule has 116 heavy (non-hydrogen) atoms. The number of nitrogens with one attached hydrogen (secondary N) is 4. The van der Waals surface area contributed by atoms with Crippen molar-refractivity contribution >= 4 is 127 Å². The molecule has 614 valence electrons. The summed E-state index contributed by atoms with van der Waals surface area (Å²) in [6.45, 7) is 10.7. The summed E-state index contributed by atoms with van der Waals surface area (Å²) in [5.74, 6) is -0.324. The molecule has 1 amide bonds. The molecule has 7 heterocycles. The number of alkyl halides is 3. The second kappa shape index (κ2) is 35.2. The van der Waals surface area contributed by atoms with E-state index in [1.54, 1.807) is 34.8 Å². The van der Waals surface area contributed by atoms with Gasteiger partial charge in [-0.3, -0.25) is 4.79 Å². The van der Waals surface area contributed by atoms with Crippen LogP contribution in [0.4, 0.5) is 23.2 Å². The molecule has 16 rings (SSSR count). The Morgan fingerprint density at radius 2 is 1.01 bits per heavy atom. The number of nitrogens with zero attached hydrogens (tertiary/aromatic N) is 4. The number of carbonyl (C=O) groups is 1. The molecule has 4 N–H and O–H groups in total. The summed E-state index contributed by atoms with van der Waals surface area (Å²) in [4.78, 5) is 20.8. The number of amides is 1. The minimum Gasteiger partial charge on any atom is -0.404 e. The maximum absolute atomic E-state index is 13.6. The van der Waals surface area contributed by atoms with Gasteiger partial charge in [0, 0.05) is 121 Å². The number of hydrogen-bond acceptors (Lipinski definition) is 12. The Kier molecular flexibility index (Phi) is 25.9. The van der Waals surface area contributed by atoms with E-state index in [0.29, 0.717) is 86.9 Å². The summed E-state index contributed by atoms with van der Waals surface area (Å²) < 4.78 is 191. The number of halogens is 6. The number of benzene rings is 8. The first-order valence-electron chi connectivity index (χ1n) is 38.3. The van der Waals surface area contributed by atoms with Gasteiger partial charge in [0.2, 0.25) is 46.0 Å². The molecular formula is C85H90BrClF4N8O12S5. The van der Waals surface area contributed by atoms with Crippen LogP contribution in [-0.4, -0.2) is 145 Å². The highest BCUT2D eigenvalue weighted by Crippen LogP contribution is 2.44. The zero-order valence-electron chi connectivity index (χ0n) is 64.4. The molecule has 4 fully saturated rings. The quantitative estimate of drug-likeness (QED) is 0.0658. The number of sulfonamides is 4. The lowest BCUT2D eigenvalue weighted by molar-refractivity contribution is -0.275. The smallest absolute Gasteiger partial charge is 0.404 e. The fourth-order valence-electron chi connectivity index (χ4n) is 16.5. The number of aryl methyl sites for hydroxylation is 3. The van der Waals surface area contributed by atoms with Gasteiger partial charge in [-0.1, -0.05) is 113 Å². The third kappa shape index (κ3) is 18.8. The van der Waals surface area contributed by atoms with Crippen LogP contribution in [0.3, 0.4) is 0 Å². The minimum atomic E-state index is -5.00. The summed E-state index contributed by atoms with van der Waals surface area (Å²) in [6, 6.07) is 45.9. The topological polar surface area (TPSA) is 269 Å². The van der Waals surface area contributed by atoms with Crippen LogP contribution in [0.15, 0.2) is 217 Å². The van der Waals surface area contributed by atoms with Crippen LogP contribution in [-0.2, 0) is 67.6 Å². The maximum Gasteiger partial charge on any atom is 0.573 e. The highest BCUT2D eigenvalue weighted by molar-refractivity contribution is 9.10. The number of allylic oxidation sites excluding steroid dienone is 2. The Morgan fingerprint density at radius 3 is 1.56 bits per heavy atom. The highest BCUT2D eigenvalue weighted by Gasteiger charge is 2.40. The normalized spacial score (nSPS) is 17.0. The van der Waals surface area contributed by atoms with Gasteiger partial charge in [-0.15, -0.1) is 13.2 Å². The van der Waals surface area contributed by atoms with Crippen molar-refractivity contribution < 1.29 is 69.2 Å². The zero-order valence-corrected chi connectivity index (χ0v) is 70.9. The molecule has 11 aromatic rings. The van der Waals surface area contributed by atoms with Crippen molar-refractivity contribution in [2.45, 2.75) is 140 Å². The SMILES string of the molecule is CC(=O)Nc1ccc(S(=O)(=O)N2CCC(c3c[nH]c4ccccc34)CC2)cc1Cl.CCc1cc(Br)ccc1S(=O)(=O)N1CCC(c2c[nH]c3ccc(C)cc23)CC1.Cc1cccc2c1CC=C2C1CCN(S(=O)(=O)c2ccccc2S(C)(=O)=O)CC1.O=S(=O)(c1ccccc1OC(F)(F)F)N1CCC(c2c[nH]c3ccc(F)cc23)CC1. The van der Waals surface area contributed by atoms with E-state index in [0.717, 1.165) is 105 Å². The van der Waals surface area contributed by atoms with Crippen LogP contribution in [0.1, 0.15) is 127 Å². The Morgan fingerprint density at radius 1 is 0.526 bits per heavy atom. The number of piperidine rings is 4. The second-order valence-corrected chi connectivity index (χ2v) is 40.8. The van der Waals surface area contributed by atoms with Crippen LogP contribution >= 0.6 is 27.5 Å². The summed E-state index contributed by atoms with van der Waals surface area (Å²) in [5.41, 5.74) is 14.3. The third-order valence-electron chi connectivity index (χ3n) is 22.5. The fraction of sp³-hybridized carbons (Fsp3) is 0.329. The van der Waals surface area contributed by atoms with Crippen LogP contribution < -0.4 is 10.1 Å². The first kappa shape index (κ1) is 85.4. The second-order valence-electron chi connectivity index (χ2n) is 29.8. The maximum atomic E-state index is 13.6. The summed E-state index contributed by atoms with van der Waals surface area (Å²) in [7, 11) is -18.7. The van der Waals surface area contributed by atoms with Gasteiger partial charge in [-0.25, -0.2) is 46.5 Å². The van der Waals surface area contributed by atoms with Crippen molar-refractivity contribution in [2.24, 2.45) is 5.92 Å². The van der Waals surface area contributed by atoms with E-state index < -0.39 is 66.9 Å². The molecule has 0 spiro atoms. The van der Waals surface area contributed by atoms with Gasteiger partial charge in [0.05, 0.1) is 25.4 Å². The summed E-state index contributed by atoms with van der Waals surface area (Å²) in [6.07, 6.45) is 11.5. The lowest BCUT2D eigenvalue weighted by atomic mass is 9.86. The molecule has 1 aliphatic carbocycles. The molecule has 4 saturated heterocycles. The average molecular weight is 1770 g/mol. The van der Waals surface area contributed by atoms with E-state index in [4.69, 9.17) is 11.6 Å². The molecule has 8 aromatic carbocycles. The van der Waals surface area contributed by atoms with Crippen molar-refractivity contribution in [3.05, 3.63) is 248 Å². The number of hydrogen-bond donors (Lipinski definition) is 4. The van der Waals surface area contributed by atoms with Gasteiger partial charge < -0.3 is 25.0 Å². The van der Waals surface area contributed by atoms with E-state index >= 15 is 0 Å². The molecule has 0 atom stereocenters. The largest absolute Gasteiger partial charge is 0.573 e. The van der Waals surface area contributed by atoms with E-state index in [-0.39, 0.29) is 50.4 Å². The van der Waals surface area contributed by atoms with Crippen LogP contribution in [0.5, 0.6) is 5.75 Å². The van der Waals surface area contributed by atoms with Gasteiger partial charge in [0.25, 0.3) is 0 Å². The monoisotopic (exact) mass is 1760 g/mol. The van der Waals surface area contributed by atoms with Crippen molar-refractivity contribution in [1.82, 2.24) is 32.2 Å². The average Bonchev–Trinajstić information content (AvgIpc) is 1.01. The van der Waals surface area contributed by atoms with Crippen LogP contribution in [0.2, 0.25) is 5.02 Å². The number of rotatable bonds is 16. The number of carbonyl (C=O) groups excluding carboxylic acids is 1. The first-order valence-corrected chi connectivity index (χ1v) is 47.1.